The number of hydrogen-bond donors (Lipinski definition) is 2. The molecule has 0 saturated heterocycles. The van der Waals surface area contributed by atoms with Gasteiger partial charge in [0.05, 0.1) is 19.1 Å². The van der Waals surface area contributed by atoms with Crippen LogP contribution in [-0.4, -0.2) is 28.9 Å². The van der Waals surface area contributed by atoms with Crippen LogP contribution >= 0.6 is 0 Å². The van der Waals surface area contributed by atoms with E-state index in [1.165, 1.54) is 6.07 Å². The predicted molar refractivity (Wildman–Crippen MR) is 63.4 cm³/mol. The van der Waals surface area contributed by atoms with Gasteiger partial charge < -0.3 is 14.9 Å². The van der Waals surface area contributed by atoms with Crippen molar-refractivity contribution in [1.82, 2.24) is 0 Å². The molecule has 2 N–H and O–H groups in total. The van der Waals surface area contributed by atoms with Crippen LogP contribution in [0.25, 0.3) is 0 Å². The molecule has 0 aliphatic carbocycles. The van der Waals surface area contributed by atoms with Crippen molar-refractivity contribution in [2.45, 2.75) is 32.5 Å². The molecule has 0 spiro atoms. The molecular formula is C13H17FO4. The molecular weight excluding hydrogens is 239 g/mol. The van der Waals surface area contributed by atoms with Gasteiger partial charge >= 0.3 is 5.97 Å². The Morgan fingerprint density at radius 3 is 2.72 bits per heavy atom. The Morgan fingerprint density at radius 1 is 1.44 bits per heavy atom. The van der Waals surface area contributed by atoms with E-state index in [1.54, 1.807) is 26.0 Å². The van der Waals surface area contributed by atoms with E-state index in [4.69, 9.17) is 0 Å². The quantitative estimate of drug-likeness (QED) is 0.783. The lowest BCUT2D eigenvalue weighted by atomic mass is 10.00. The van der Waals surface area contributed by atoms with E-state index in [9.17, 15) is 19.4 Å². The summed E-state index contributed by atoms with van der Waals surface area (Å²) in [5, 5.41) is 19.5. The zero-order valence-corrected chi connectivity index (χ0v) is 10.4. The molecule has 0 aliphatic rings. The zero-order chi connectivity index (χ0) is 13.7. The van der Waals surface area contributed by atoms with Crippen LogP contribution in [0.1, 0.15) is 30.6 Å². The largest absolute Gasteiger partial charge is 0.466 e. The molecule has 1 aromatic rings. The van der Waals surface area contributed by atoms with Crippen LogP contribution in [0, 0.1) is 12.7 Å². The Hall–Kier alpha value is -1.46. The van der Waals surface area contributed by atoms with Gasteiger partial charge in [0.1, 0.15) is 11.9 Å². The molecule has 0 radical (unpaired) electrons. The van der Waals surface area contributed by atoms with Crippen LogP contribution in [0.2, 0.25) is 0 Å². The van der Waals surface area contributed by atoms with Gasteiger partial charge in [-0.2, -0.15) is 0 Å². The minimum Gasteiger partial charge on any atom is -0.466 e. The molecule has 5 heteroatoms. The summed E-state index contributed by atoms with van der Waals surface area (Å²) in [6.07, 6.45) is -3.21. The van der Waals surface area contributed by atoms with Crippen LogP contribution in [0.5, 0.6) is 0 Å². The van der Waals surface area contributed by atoms with E-state index in [0.29, 0.717) is 5.56 Å². The standard InChI is InChI=1S/C13H17FO4/c1-3-18-11(16)7-10(15)13(17)9-6-4-5-8(2)12(9)14/h4-6,10,13,15,17H,3,7H2,1-2H3. The zero-order valence-electron chi connectivity index (χ0n) is 10.4. The number of aryl methyl sites for hydroxylation is 1. The SMILES string of the molecule is CCOC(=O)CC(O)C(O)c1cccc(C)c1F. The number of benzene rings is 1. The van der Waals surface area contributed by atoms with Crippen molar-refractivity contribution in [2.75, 3.05) is 6.61 Å². The fraction of sp³-hybridized carbons (Fsp3) is 0.462. The van der Waals surface area contributed by atoms with Gasteiger partial charge in [-0.1, -0.05) is 18.2 Å². The molecule has 2 atom stereocenters. The van der Waals surface area contributed by atoms with Crippen LogP contribution in [0.3, 0.4) is 0 Å². The van der Waals surface area contributed by atoms with Gasteiger partial charge in [0.2, 0.25) is 0 Å². The molecule has 1 aromatic carbocycles. The maximum absolute atomic E-state index is 13.7. The second kappa shape index (κ2) is 6.47. The summed E-state index contributed by atoms with van der Waals surface area (Å²) in [4.78, 5) is 11.2. The number of ether oxygens (including phenoxy) is 1. The van der Waals surface area contributed by atoms with E-state index >= 15 is 0 Å². The van der Waals surface area contributed by atoms with Crippen LogP contribution in [-0.2, 0) is 9.53 Å². The summed E-state index contributed by atoms with van der Waals surface area (Å²) >= 11 is 0. The normalized spacial score (nSPS) is 14.1. The van der Waals surface area contributed by atoms with Gasteiger partial charge in [-0.15, -0.1) is 0 Å². The Balaban J connectivity index is 2.77. The first-order valence-corrected chi connectivity index (χ1v) is 5.74. The maximum Gasteiger partial charge on any atom is 0.308 e. The smallest absolute Gasteiger partial charge is 0.308 e. The van der Waals surface area contributed by atoms with Crippen LogP contribution in [0.15, 0.2) is 18.2 Å². The Labute approximate surface area is 105 Å². The highest BCUT2D eigenvalue weighted by atomic mass is 19.1. The number of aliphatic hydroxyl groups excluding tert-OH is 2. The molecule has 100 valence electrons. The summed E-state index contributed by atoms with van der Waals surface area (Å²) in [7, 11) is 0. The third-order valence-electron chi connectivity index (χ3n) is 2.59. The Kier molecular flexibility index (Phi) is 5.25. The first-order chi connectivity index (χ1) is 8.47. The summed E-state index contributed by atoms with van der Waals surface area (Å²) in [5.41, 5.74) is 0.349. The second-order valence-electron chi connectivity index (χ2n) is 4.00. The van der Waals surface area contributed by atoms with E-state index in [1.807, 2.05) is 0 Å². The molecule has 2 unspecified atom stereocenters. The lowest BCUT2D eigenvalue weighted by Crippen LogP contribution is -2.24. The van der Waals surface area contributed by atoms with Crippen molar-refractivity contribution in [3.63, 3.8) is 0 Å². The fourth-order valence-corrected chi connectivity index (χ4v) is 1.61. The van der Waals surface area contributed by atoms with Crippen molar-refractivity contribution >= 4 is 5.97 Å². The minimum atomic E-state index is -1.45. The van der Waals surface area contributed by atoms with E-state index in [-0.39, 0.29) is 18.6 Å². The van der Waals surface area contributed by atoms with Crippen molar-refractivity contribution in [2.24, 2.45) is 0 Å². The first-order valence-electron chi connectivity index (χ1n) is 5.74. The average Bonchev–Trinajstić information content (AvgIpc) is 2.32. The summed E-state index contributed by atoms with van der Waals surface area (Å²) in [6, 6.07) is 4.51. The van der Waals surface area contributed by atoms with Crippen molar-refractivity contribution in [1.29, 1.82) is 0 Å². The Bertz CT molecular complexity index is 419. The van der Waals surface area contributed by atoms with Gasteiger partial charge in [0.25, 0.3) is 0 Å². The van der Waals surface area contributed by atoms with Crippen molar-refractivity contribution < 1.29 is 24.1 Å². The molecule has 18 heavy (non-hydrogen) atoms. The lowest BCUT2D eigenvalue weighted by Gasteiger charge is -2.18. The molecule has 0 fully saturated rings. The number of aliphatic hydroxyl groups is 2. The lowest BCUT2D eigenvalue weighted by molar-refractivity contribution is -0.147. The highest BCUT2D eigenvalue weighted by Gasteiger charge is 2.24. The number of hydrogen-bond acceptors (Lipinski definition) is 4. The maximum atomic E-state index is 13.7. The molecule has 0 aromatic heterocycles. The van der Waals surface area contributed by atoms with E-state index in [0.717, 1.165) is 0 Å². The van der Waals surface area contributed by atoms with Gasteiger partial charge in [0.15, 0.2) is 0 Å². The molecule has 4 nitrogen and oxygen atoms in total. The number of rotatable bonds is 5. The van der Waals surface area contributed by atoms with Crippen molar-refractivity contribution in [3.8, 4) is 0 Å². The third kappa shape index (κ3) is 3.51. The number of esters is 1. The molecule has 0 saturated carbocycles. The van der Waals surface area contributed by atoms with Gasteiger partial charge in [0, 0.05) is 5.56 Å². The molecule has 0 bridgehead atoms. The number of halogens is 1. The van der Waals surface area contributed by atoms with Gasteiger partial charge in [-0.3, -0.25) is 4.79 Å². The minimum absolute atomic E-state index is 0.0215. The van der Waals surface area contributed by atoms with E-state index in [2.05, 4.69) is 4.74 Å². The summed E-state index contributed by atoms with van der Waals surface area (Å²) in [6.45, 7) is 3.39. The molecule has 1 rings (SSSR count). The monoisotopic (exact) mass is 256 g/mol. The van der Waals surface area contributed by atoms with E-state index < -0.39 is 24.0 Å². The second-order valence-corrected chi connectivity index (χ2v) is 4.00. The molecule has 0 heterocycles. The van der Waals surface area contributed by atoms with Crippen LogP contribution < -0.4 is 0 Å². The molecule has 0 amide bonds. The third-order valence-corrected chi connectivity index (χ3v) is 2.59. The van der Waals surface area contributed by atoms with Gasteiger partial charge in [-0.25, -0.2) is 4.39 Å². The predicted octanol–water partition coefficient (Wildman–Crippen LogP) is 1.48. The number of carbonyl (C=O) groups is 1. The topological polar surface area (TPSA) is 66.8 Å². The first kappa shape index (κ1) is 14.6. The Morgan fingerprint density at radius 2 is 2.11 bits per heavy atom. The number of carbonyl (C=O) groups excluding carboxylic acids is 1. The highest BCUT2D eigenvalue weighted by molar-refractivity contribution is 5.70. The summed E-state index contributed by atoms with van der Waals surface area (Å²) in [5.74, 6) is -1.20. The van der Waals surface area contributed by atoms with Gasteiger partial charge in [-0.05, 0) is 19.4 Å². The highest BCUT2D eigenvalue weighted by Crippen LogP contribution is 2.23. The average molecular weight is 256 g/mol. The van der Waals surface area contributed by atoms with Crippen LogP contribution in [0.4, 0.5) is 4.39 Å². The molecule has 0 aliphatic heterocycles. The fourth-order valence-electron chi connectivity index (χ4n) is 1.61. The summed E-state index contributed by atoms with van der Waals surface area (Å²) < 4.78 is 18.4. The van der Waals surface area contributed by atoms with Crippen molar-refractivity contribution in [3.05, 3.63) is 35.1 Å².